The Balaban J connectivity index is 0.000000185. The van der Waals surface area contributed by atoms with Gasteiger partial charge >= 0.3 is 24.1 Å². The van der Waals surface area contributed by atoms with E-state index in [9.17, 15) is 51.8 Å². The Morgan fingerprint density at radius 3 is 1.59 bits per heavy atom. The molecule has 10 aromatic rings. The third kappa shape index (κ3) is 27.9. The van der Waals surface area contributed by atoms with Crippen LogP contribution in [0, 0.1) is 41.1 Å². The first kappa shape index (κ1) is 101. The number of aromatic hydroxyl groups is 1. The average molecular weight is 1940 g/mol. The second kappa shape index (κ2) is 49.1. The number of halogens is 3. The van der Waals surface area contributed by atoms with Gasteiger partial charge in [0.05, 0.1) is 12.7 Å². The number of methoxy groups -OCH3 is 1. The molecule has 762 valence electrons. The van der Waals surface area contributed by atoms with Gasteiger partial charge in [-0.05, 0) is 332 Å². The van der Waals surface area contributed by atoms with Crippen LogP contribution >= 0.6 is 0 Å². The number of amides is 10. The number of carbonyl (C=O) groups is 7. The van der Waals surface area contributed by atoms with E-state index < -0.39 is 6.04 Å². The van der Waals surface area contributed by atoms with Crippen molar-refractivity contribution in [3.8, 4) is 11.5 Å². The molecule has 2 aliphatic carbocycles. The maximum Gasteiger partial charge on any atom is 0.319 e. The molecular weight excluding hydrogens is 1790 g/mol. The van der Waals surface area contributed by atoms with Crippen LogP contribution in [0.3, 0.4) is 0 Å². The van der Waals surface area contributed by atoms with Crippen LogP contribution in [0.15, 0.2) is 231 Å². The summed E-state index contributed by atoms with van der Waals surface area (Å²) in [6.45, 7) is 12.8. The molecule has 0 spiro atoms. The largest absolute Gasteiger partial charge is 0.507 e. The molecule has 0 aromatic heterocycles. The highest BCUT2D eigenvalue weighted by atomic mass is 19.1. The van der Waals surface area contributed by atoms with Gasteiger partial charge in [-0.2, -0.15) is 0 Å². The highest BCUT2D eigenvalue weighted by Crippen LogP contribution is 2.41. The Bertz CT molecular complexity index is 5930. The van der Waals surface area contributed by atoms with Crippen molar-refractivity contribution in [2.75, 3.05) is 95.1 Å². The lowest BCUT2D eigenvalue weighted by Gasteiger charge is -2.40. The van der Waals surface area contributed by atoms with E-state index in [1.807, 2.05) is 95.9 Å². The molecule has 8 heterocycles. The zero-order chi connectivity index (χ0) is 98.4. The maximum atomic E-state index is 13.5. The molecule has 142 heavy (non-hydrogen) atoms. The highest BCUT2D eigenvalue weighted by Gasteiger charge is 2.45. The monoisotopic (exact) mass is 1940 g/mol. The number of nitrogens with zero attached hydrogens (tertiary/aromatic N) is 7. The fourth-order valence-electron chi connectivity index (χ4n) is 24.0. The number of rotatable bonds is 23. The molecule has 10 aromatic carbocycles. The third-order valence-corrected chi connectivity index (χ3v) is 31.3. The quantitative estimate of drug-likeness (QED) is 0.0278. The number of benzene rings is 10. The van der Waals surface area contributed by atoms with E-state index in [-0.39, 0.29) is 97.7 Å². The molecule has 2 saturated carbocycles. The number of hydrogen-bond donors (Lipinski definition) is 8. The number of anilines is 3. The molecule has 10 atom stereocenters. The molecule has 0 radical (unpaired) electrons. The predicted molar refractivity (Wildman–Crippen MR) is 567 cm³/mol. The van der Waals surface area contributed by atoms with Gasteiger partial charge in [-0.1, -0.05) is 147 Å². The summed E-state index contributed by atoms with van der Waals surface area (Å²) in [6.07, 6.45) is 26.8. The molecule has 8 saturated heterocycles. The second-order valence-corrected chi connectivity index (χ2v) is 41.3. The first-order chi connectivity index (χ1) is 69.1. The van der Waals surface area contributed by atoms with Gasteiger partial charge in [0.1, 0.15) is 35.0 Å². The van der Waals surface area contributed by atoms with Gasteiger partial charge in [-0.15, -0.1) is 0 Å². The standard InChI is InChI=1S/C31H35FN4O3.C30H33FN4O2.C28H36FN3O2.C27H37N3O2.6H2/c32-24-9-8-22-16-21(6-7-23(22)17-24)20-36-26-10-11-27(36)19-25(18-26)33-31(39)35-13-3-12-34(14-15-35)30(38)28-4-1-2-5-29(28)37;31-23-11-10-21-15-20(8-9-22(21)16-23)19-35-26-12-13-27(35)18-25(17-26)33-30(37)34-14-4-7-28(34)29(36)32-24-5-2-1-3-6-24;1-20(33)24-5-3-7-27(18-24)31-28(34)30-26-6-2-4-23(17-26)19-32-14-12-22(13-15-32)16-21-8-10-25(29)11-9-21;1-32-25-14-7-13-24(18-25)28-27(31)29-26-15-6-5-12-23(26)20-30-16-8-11-22(19-30)17-21-9-3-2-4-10-21;;;;;;/h1-2,4-9,16-17,25-27,37H,3,10-15,18-20H2,(H,33,39);1-3,5-6,8-11,15-16,25-28H,4,7,12-14,17-19H2,(H,32,36)(H,33,37);3,5,7-11,18,22-23,26H,2,4,6,12-17,19H2,1H3,(H2,30,31,34);2-4,7,9-10,13-14,18,22-23,26H,5-6,8,11-12,15-17,19-20H2,1H3,(H2,28,29,31);6*1H/t26-,27-;26-,27-,28+;;22?,23-,26-;;;;;;/m11.1....../s1. The van der Waals surface area contributed by atoms with E-state index >= 15 is 0 Å². The Labute approximate surface area is 843 Å². The van der Waals surface area contributed by atoms with Crippen LogP contribution < -0.4 is 42.0 Å². The summed E-state index contributed by atoms with van der Waals surface area (Å²) in [5.74, 6) is 2.35. The molecule has 10 amide bonds. The highest BCUT2D eigenvalue weighted by molar-refractivity contribution is 5.99. The maximum absolute atomic E-state index is 13.5. The zero-order valence-corrected chi connectivity index (χ0v) is 82.3. The molecule has 10 aliphatic rings. The number of ketones is 1. The van der Waals surface area contributed by atoms with E-state index in [2.05, 4.69) is 111 Å². The number of para-hydroxylation sites is 2. The summed E-state index contributed by atoms with van der Waals surface area (Å²) in [4.78, 5) is 105. The molecular formula is C116H153F3N14O9. The minimum Gasteiger partial charge on any atom is -0.507 e. The Morgan fingerprint density at radius 1 is 0.394 bits per heavy atom. The Kier molecular flexibility index (Phi) is 35.0. The van der Waals surface area contributed by atoms with E-state index in [0.29, 0.717) is 104 Å². The number of likely N-dealkylation sites (tertiary alicyclic amines) is 3. The molecule has 23 nitrogen and oxygen atoms in total. The number of hydrogen-bond acceptors (Lipinski definition) is 13. The van der Waals surface area contributed by atoms with E-state index in [4.69, 9.17) is 4.74 Å². The van der Waals surface area contributed by atoms with E-state index in [1.54, 1.807) is 83.6 Å². The van der Waals surface area contributed by atoms with E-state index in [0.717, 1.165) is 174 Å². The van der Waals surface area contributed by atoms with Crippen LogP contribution in [0.5, 0.6) is 11.5 Å². The lowest BCUT2D eigenvalue weighted by molar-refractivity contribution is -0.119. The minimum absolute atomic E-state index is 0. The van der Waals surface area contributed by atoms with Crippen molar-refractivity contribution in [1.29, 1.82) is 0 Å². The SMILES string of the molecule is CC(=O)c1cccc(NC(=O)NC2CCCC(CN3CCC(Cc4ccc(F)cc4)CC3)C2)c1.COc1cccc(NC(=O)N[C@@H]2CCCC[C@@H]2CN2CCCC(Cc3ccccc3)C2)c1.O=C(NC1C[C@H]2CC[C@H](C1)N2Cc1ccc2cc(F)ccc2c1)N1CCCN(C(=O)c2ccccc2O)CC1.O=C(Nc1ccccc1)[C@@H]1CCCN1C(=O)NC1C[C@H]2CC[C@H](C1)N2Cc1ccc2cc(F)ccc2c1.[HH].[HH].[HH].[HH].[HH].[HH]. The second-order valence-electron chi connectivity index (χ2n) is 41.3. The first-order valence-electron chi connectivity index (χ1n) is 52.2. The summed E-state index contributed by atoms with van der Waals surface area (Å²) in [7, 11) is 1.64. The van der Waals surface area contributed by atoms with Crippen molar-refractivity contribution in [2.45, 2.75) is 235 Å². The fourth-order valence-corrected chi connectivity index (χ4v) is 24.0. The van der Waals surface area contributed by atoms with Crippen LogP contribution in [-0.2, 0) is 30.7 Å². The molecule has 3 unspecified atom stereocenters. The summed E-state index contributed by atoms with van der Waals surface area (Å²) < 4.78 is 45.5. The number of Topliss-reactive ketones (excluding diaryl/α,β-unsaturated/α-hetero) is 1. The third-order valence-electron chi connectivity index (χ3n) is 31.3. The average Bonchev–Trinajstić information content (AvgIpc) is 1.75. The number of phenols is 1. The summed E-state index contributed by atoms with van der Waals surface area (Å²) in [6, 6.07) is 72.3. The van der Waals surface area contributed by atoms with Gasteiger partial charge in [0.25, 0.3) is 5.91 Å². The number of piperidine rings is 4. The lowest BCUT2D eigenvalue weighted by atomic mass is 9.83. The predicted octanol–water partition coefficient (Wildman–Crippen LogP) is 22.5. The number of carbonyl (C=O) groups excluding carboxylic acids is 7. The van der Waals surface area contributed by atoms with Gasteiger partial charge in [0, 0.05) is 151 Å². The Morgan fingerprint density at radius 2 is 0.937 bits per heavy atom. The number of urea groups is 4. The summed E-state index contributed by atoms with van der Waals surface area (Å²) in [5.41, 5.74) is 8.20. The molecule has 8 N–H and O–H groups in total. The van der Waals surface area contributed by atoms with Gasteiger partial charge < -0.3 is 71.6 Å². The molecule has 20 rings (SSSR count). The van der Waals surface area contributed by atoms with Crippen LogP contribution in [0.2, 0.25) is 0 Å². The number of fused-ring (bicyclic) bond motifs is 6. The summed E-state index contributed by atoms with van der Waals surface area (Å²) >= 11 is 0. The van der Waals surface area contributed by atoms with Gasteiger partial charge in [-0.3, -0.25) is 24.2 Å². The zero-order valence-electron chi connectivity index (χ0n) is 82.3. The number of nitrogens with one attached hydrogen (secondary N) is 7. The smallest absolute Gasteiger partial charge is 0.319 e. The first-order valence-corrected chi connectivity index (χ1v) is 52.2. The molecule has 4 bridgehead atoms. The van der Waals surface area contributed by atoms with Crippen molar-refractivity contribution in [3.05, 3.63) is 281 Å². The van der Waals surface area contributed by atoms with Crippen LogP contribution in [0.1, 0.15) is 206 Å². The van der Waals surface area contributed by atoms with Crippen molar-refractivity contribution < 1.29 is 65.1 Å². The van der Waals surface area contributed by atoms with Crippen LogP contribution in [-0.4, -0.2) is 215 Å². The van der Waals surface area contributed by atoms with Crippen molar-refractivity contribution in [1.82, 2.24) is 55.6 Å². The van der Waals surface area contributed by atoms with Gasteiger partial charge in [0.15, 0.2) is 5.78 Å². The topological polar surface area (TPSA) is 256 Å². The fraction of sp³-hybridized carbons (Fsp3) is 0.457. The summed E-state index contributed by atoms with van der Waals surface area (Å²) in [5, 5.41) is 35.8. The van der Waals surface area contributed by atoms with Crippen molar-refractivity contribution in [3.63, 3.8) is 0 Å². The van der Waals surface area contributed by atoms with Crippen LogP contribution in [0.4, 0.5) is 49.4 Å². The minimum atomic E-state index is -0.432. The number of ether oxygens (including phenoxy) is 1. The van der Waals surface area contributed by atoms with Crippen LogP contribution in [0.25, 0.3) is 21.5 Å². The Hall–Kier alpha value is -12.4. The van der Waals surface area contributed by atoms with Crippen molar-refractivity contribution in [2.24, 2.45) is 23.7 Å². The molecule has 10 fully saturated rings. The van der Waals surface area contributed by atoms with Gasteiger partial charge in [0.2, 0.25) is 5.91 Å². The number of phenolic OH excluding ortho intramolecular Hbond substituents is 1. The van der Waals surface area contributed by atoms with Gasteiger partial charge in [-0.25, -0.2) is 32.3 Å². The van der Waals surface area contributed by atoms with E-state index in [1.165, 1.54) is 118 Å². The normalized spacial score (nSPS) is 23.7. The lowest BCUT2D eigenvalue weighted by Crippen LogP contribution is -2.54. The van der Waals surface area contributed by atoms with Crippen molar-refractivity contribution >= 4 is 80.3 Å². The molecule has 8 aliphatic heterocycles. The molecule has 26 heteroatoms.